The molecule has 0 radical (unpaired) electrons. The molecule has 8 heteroatoms. The highest BCUT2D eigenvalue weighted by molar-refractivity contribution is 6.31. The van der Waals surface area contributed by atoms with Crippen molar-refractivity contribution >= 4 is 23.5 Å². The van der Waals surface area contributed by atoms with Gasteiger partial charge in [-0.2, -0.15) is 0 Å². The average Bonchev–Trinajstić information content (AvgIpc) is 2.76. The first-order valence-electron chi connectivity index (χ1n) is 10.1. The Labute approximate surface area is 178 Å². The largest absolute Gasteiger partial charge is 0.357 e. The second-order valence-corrected chi connectivity index (χ2v) is 7.47. The summed E-state index contributed by atoms with van der Waals surface area (Å²) >= 11 is 6.31. The molecular formula is C21H30ClN7. The predicted octanol–water partition coefficient (Wildman–Crippen LogP) is 2.35. The van der Waals surface area contributed by atoms with Crippen LogP contribution in [0.3, 0.4) is 0 Å². The van der Waals surface area contributed by atoms with Crippen LogP contribution in [0.4, 0.5) is 5.95 Å². The number of hydrogen-bond acceptors (Lipinski definition) is 5. The van der Waals surface area contributed by atoms with Gasteiger partial charge in [0.05, 0.1) is 6.54 Å². The van der Waals surface area contributed by atoms with Crippen molar-refractivity contribution in [3.63, 3.8) is 0 Å². The molecule has 1 aromatic heterocycles. The minimum atomic E-state index is 0.723. The summed E-state index contributed by atoms with van der Waals surface area (Å²) in [7, 11) is 2.05. The first-order valence-corrected chi connectivity index (χ1v) is 10.5. The lowest BCUT2D eigenvalue weighted by atomic mass is 10.2. The van der Waals surface area contributed by atoms with Crippen LogP contribution < -0.4 is 10.2 Å². The van der Waals surface area contributed by atoms with E-state index < -0.39 is 0 Å². The molecule has 1 saturated heterocycles. The number of aromatic nitrogens is 2. The summed E-state index contributed by atoms with van der Waals surface area (Å²) in [4.78, 5) is 20.3. The van der Waals surface area contributed by atoms with Crippen LogP contribution in [0.15, 0.2) is 47.7 Å². The number of rotatable bonds is 7. The first-order chi connectivity index (χ1) is 14.2. The quantitative estimate of drug-likeness (QED) is 0.553. The van der Waals surface area contributed by atoms with Crippen LogP contribution in [0.25, 0.3) is 0 Å². The van der Waals surface area contributed by atoms with Gasteiger partial charge in [-0.05, 0) is 24.6 Å². The first kappa shape index (κ1) is 21.3. The maximum absolute atomic E-state index is 6.31. The van der Waals surface area contributed by atoms with Crippen molar-refractivity contribution in [1.29, 1.82) is 0 Å². The molecule has 0 atom stereocenters. The van der Waals surface area contributed by atoms with Crippen LogP contribution in [0.2, 0.25) is 5.02 Å². The Morgan fingerprint density at radius 1 is 1.14 bits per heavy atom. The molecular weight excluding hydrogens is 386 g/mol. The molecule has 0 aliphatic carbocycles. The summed E-state index contributed by atoms with van der Waals surface area (Å²) in [6.07, 6.45) is 3.59. The lowest BCUT2D eigenvalue weighted by molar-refractivity contribution is 0.263. The molecule has 1 aromatic carbocycles. The fourth-order valence-corrected chi connectivity index (χ4v) is 3.55. The number of benzene rings is 1. The van der Waals surface area contributed by atoms with E-state index in [0.29, 0.717) is 0 Å². The van der Waals surface area contributed by atoms with Crippen molar-refractivity contribution < 1.29 is 0 Å². The number of guanidine groups is 1. The lowest BCUT2D eigenvalue weighted by Crippen LogP contribution is -2.47. The van der Waals surface area contributed by atoms with E-state index in [-0.39, 0.29) is 0 Å². The van der Waals surface area contributed by atoms with Crippen LogP contribution in [0.1, 0.15) is 12.5 Å². The van der Waals surface area contributed by atoms with Gasteiger partial charge < -0.3 is 15.1 Å². The maximum Gasteiger partial charge on any atom is 0.225 e. The van der Waals surface area contributed by atoms with Gasteiger partial charge >= 0.3 is 0 Å². The number of aliphatic imine (C=N–C) groups is 1. The molecule has 2 heterocycles. The average molecular weight is 416 g/mol. The zero-order valence-corrected chi connectivity index (χ0v) is 18.0. The third kappa shape index (κ3) is 6.30. The van der Waals surface area contributed by atoms with Gasteiger partial charge in [-0.25, -0.2) is 9.97 Å². The molecule has 1 aliphatic heterocycles. The summed E-state index contributed by atoms with van der Waals surface area (Å²) in [5, 5.41) is 4.17. The van der Waals surface area contributed by atoms with Crippen molar-refractivity contribution in [2.45, 2.75) is 13.5 Å². The Kier molecular flexibility index (Phi) is 8.07. The van der Waals surface area contributed by atoms with E-state index in [9.17, 15) is 0 Å². The van der Waals surface area contributed by atoms with Crippen molar-refractivity contribution in [1.82, 2.24) is 25.1 Å². The van der Waals surface area contributed by atoms with E-state index in [0.717, 1.165) is 74.9 Å². The minimum Gasteiger partial charge on any atom is -0.357 e. The second kappa shape index (κ2) is 11.0. The molecule has 0 spiro atoms. The summed E-state index contributed by atoms with van der Waals surface area (Å²) in [6, 6.07) is 9.80. The summed E-state index contributed by atoms with van der Waals surface area (Å²) < 4.78 is 0. The maximum atomic E-state index is 6.31. The minimum absolute atomic E-state index is 0.723. The van der Waals surface area contributed by atoms with Crippen LogP contribution in [-0.4, -0.2) is 78.6 Å². The van der Waals surface area contributed by atoms with E-state index in [1.807, 2.05) is 31.3 Å². The lowest BCUT2D eigenvalue weighted by Gasteiger charge is -2.34. The highest BCUT2D eigenvalue weighted by Gasteiger charge is 2.18. The Hall–Kier alpha value is -2.38. The van der Waals surface area contributed by atoms with Gasteiger partial charge in [0.2, 0.25) is 5.95 Å². The third-order valence-electron chi connectivity index (χ3n) is 4.95. The van der Waals surface area contributed by atoms with Crippen LogP contribution in [-0.2, 0) is 6.54 Å². The third-order valence-corrected chi connectivity index (χ3v) is 5.32. The molecule has 0 amide bonds. The number of nitrogens with one attached hydrogen (secondary N) is 1. The summed E-state index contributed by atoms with van der Waals surface area (Å²) in [5.41, 5.74) is 1.10. The van der Waals surface area contributed by atoms with E-state index in [1.54, 1.807) is 12.4 Å². The monoisotopic (exact) mass is 415 g/mol. The molecule has 0 unspecified atom stereocenters. The SMILES string of the molecule is CCNC(=NCCN1CCN(c2ncccn2)CC1)N(C)Cc1ccccc1Cl. The molecule has 29 heavy (non-hydrogen) atoms. The van der Waals surface area contributed by atoms with E-state index in [2.05, 4.69) is 43.0 Å². The fraction of sp³-hybridized carbons (Fsp3) is 0.476. The van der Waals surface area contributed by atoms with E-state index in [4.69, 9.17) is 16.6 Å². The Bertz CT molecular complexity index is 776. The fourth-order valence-electron chi connectivity index (χ4n) is 3.35. The van der Waals surface area contributed by atoms with Crippen molar-refractivity contribution in [3.05, 3.63) is 53.3 Å². The molecule has 156 valence electrons. The van der Waals surface area contributed by atoms with Crippen LogP contribution in [0, 0.1) is 0 Å². The van der Waals surface area contributed by atoms with Gasteiger partial charge in [-0.3, -0.25) is 9.89 Å². The number of nitrogens with zero attached hydrogens (tertiary/aromatic N) is 6. The number of anilines is 1. The number of piperazine rings is 1. The van der Waals surface area contributed by atoms with Crippen LogP contribution in [0.5, 0.6) is 0 Å². The predicted molar refractivity (Wildman–Crippen MR) is 120 cm³/mol. The van der Waals surface area contributed by atoms with Gasteiger partial charge in [0.15, 0.2) is 5.96 Å². The highest BCUT2D eigenvalue weighted by Crippen LogP contribution is 2.16. The Morgan fingerprint density at radius 2 is 1.86 bits per heavy atom. The molecule has 1 aliphatic rings. The molecule has 0 bridgehead atoms. The van der Waals surface area contributed by atoms with E-state index in [1.165, 1.54) is 0 Å². The van der Waals surface area contributed by atoms with E-state index >= 15 is 0 Å². The van der Waals surface area contributed by atoms with Crippen molar-refractivity contribution in [2.24, 2.45) is 4.99 Å². The zero-order valence-electron chi connectivity index (χ0n) is 17.3. The molecule has 7 nitrogen and oxygen atoms in total. The van der Waals surface area contributed by atoms with Crippen molar-refractivity contribution in [3.8, 4) is 0 Å². The molecule has 0 saturated carbocycles. The highest BCUT2D eigenvalue weighted by atomic mass is 35.5. The number of hydrogen-bond donors (Lipinski definition) is 1. The van der Waals surface area contributed by atoms with Gasteiger partial charge in [0.1, 0.15) is 0 Å². The Morgan fingerprint density at radius 3 is 2.55 bits per heavy atom. The van der Waals surface area contributed by atoms with Gasteiger partial charge in [-0.15, -0.1) is 0 Å². The van der Waals surface area contributed by atoms with Gasteiger partial charge in [0.25, 0.3) is 0 Å². The molecule has 2 aromatic rings. The second-order valence-electron chi connectivity index (χ2n) is 7.06. The standard InChI is InChI=1S/C21H30ClN7/c1-3-23-20(27(2)17-18-7-4-5-8-19(18)22)26-11-12-28-13-15-29(16-14-28)21-24-9-6-10-25-21/h4-10H,3,11-17H2,1-2H3,(H,23,26). The zero-order chi connectivity index (χ0) is 20.5. The molecule has 3 rings (SSSR count). The summed E-state index contributed by atoms with van der Waals surface area (Å²) in [5.74, 6) is 1.73. The summed E-state index contributed by atoms with van der Waals surface area (Å²) in [6.45, 7) is 9.24. The normalized spacial score (nSPS) is 15.4. The van der Waals surface area contributed by atoms with Crippen molar-refractivity contribution in [2.75, 3.05) is 57.8 Å². The van der Waals surface area contributed by atoms with Gasteiger partial charge in [-0.1, -0.05) is 29.8 Å². The van der Waals surface area contributed by atoms with Crippen LogP contribution >= 0.6 is 11.6 Å². The van der Waals surface area contributed by atoms with Gasteiger partial charge in [0, 0.05) is 70.3 Å². The Balaban J connectivity index is 1.48. The number of halogens is 1. The molecule has 1 N–H and O–H groups in total. The smallest absolute Gasteiger partial charge is 0.225 e. The topological polar surface area (TPSA) is 59.9 Å². The molecule has 1 fully saturated rings.